The fourth-order valence-corrected chi connectivity index (χ4v) is 3.77. The minimum atomic E-state index is -0.312. The van der Waals surface area contributed by atoms with Gasteiger partial charge in [-0.05, 0) is 48.9 Å². The number of nitrogens with zero attached hydrogens (tertiary/aromatic N) is 3. The van der Waals surface area contributed by atoms with E-state index in [0.717, 1.165) is 11.1 Å². The largest absolute Gasteiger partial charge is 0.330 e. The third-order valence-electron chi connectivity index (χ3n) is 4.18. The molecule has 0 aliphatic carbocycles. The van der Waals surface area contributed by atoms with Crippen LogP contribution in [-0.4, -0.2) is 22.3 Å². The summed E-state index contributed by atoms with van der Waals surface area (Å²) in [5.74, 6) is -0.444. The lowest BCUT2D eigenvalue weighted by atomic mass is 10.1. The van der Waals surface area contributed by atoms with E-state index in [9.17, 15) is 9.18 Å². The fourth-order valence-electron chi connectivity index (χ4n) is 2.73. The highest BCUT2D eigenvalue weighted by Gasteiger charge is 2.21. The Labute approximate surface area is 167 Å². The smallest absolute Gasteiger partial charge is 0.266 e. The van der Waals surface area contributed by atoms with Crippen molar-refractivity contribution in [3.63, 3.8) is 0 Å². The van der Waals surface area contributed by atoms with E-state index in [1.54, 1.807) is 42.2 Å². The molecule has 0 saturated heterocycles. The molecule has 3 rings (SSSR count). The van der Waals surface area contributed by atoms with Gasteiger partial charge in [-0.15, -0.1) is 17.9 Å². The SMILES string of the molecule is C=CCN(Cc1ccc(C#N)cc1)C(=O)c1sc(-c2ccc(F)cc2)nc1C. The average molecular weight is 391 g/mol. The first-order chi connectivity index (χ1) is 13.5. The number of nitriles is 1. The van der Waals surface area contributed by atoms with Crippen LogP contribution < -0.4 is 0 Å². The summed E-state index contributed by atoms with van der Waals surface area (Å²) in [4.78, 5) is 19.8. The van der Waals surface area contributed by atoms with Crippen molar-refractivity contribution in [3.05, 3.63) is 88.7 Å². The van der Waals surface area contributed by atoms with Gasteiger partial charge in [0, 0.05) is 18.7 Å². The Kier molecular flexibility index (Phi) is 5.97. The van der Waals surface area contributed by atoms with E-state index in [1.807, 2.05) is 12.1 Å². The van der Waals surface area contributed by atoms with Crippen LogP contribution in [0.3, 0.4) is 0 Å². The van der Waals surface area contributed by atoms with Gasteiger partial charge in [0.05, 0.1) is 17.3 Å². The second-order valence-electron chi connectivity index (χ2n) is 6.22. The number of hydrogen-bond acceptors (Lipinski definition) is 4. The number of benzene rings is 2. The number of hydrogen-bond donors (Lipinski definition) is 0. The maximum absolute atomic E-state index is 13.2. The van der Waals surface area contributed by atoms with Crippen molar-refractivity contribution in [1.29, 1.82) is 5.26 Å². The zero-order chi connectivity index (χ0) is 20.1. The highest BCUT2D eigenvalue weighted by molar-refractivity contribution is 7.17. The van der Waals surface area contributed by atoms with Crippen LogP contribution in [0.2, 0.25) is 0 Å². The van der Waals surface area contributed by atoms with E-state index >= 15 is 0 Å². The minimum Gasteiger partial charge on any atom is -0.330 e. The van der Waals surface area contributed by atoms with Crippen LogP contribution in [0.4, 0.5) is 4.39 Å². The molecule has 1 amide bonds. The Morgan fingerprint density at radius 1 is 1.25 bits per heavy atom. The third kappa shape index (κ3) is 4.33. The summed E-state index contributed by atoms with van der Waals surface area (Å²) < 4.78 is 13.2. The highest BCUT2D eigenvalue weighted by atomic mass is 32.1. The molecule has 0 radical (unpaired) electrons. The van der Waals surface area contributed by atoms with Crippen molar-refractivity contribution in [2.45, 2.75) is 13.5 Å². The summed E-state index contributed by atoms with van der Waals surface area (Å²) in [5, 5.41) is 9.60. The first kappa shape index (κ1) is 19.5. The number of rotatable bonds is 6. The molecular weight excluding hydrogens is 373 g/mol. The fraction of sp³-hybridized carbons (Fsp3) is 0.136. The third-order valence-corrected chi connectivity index (χ3v) is 5.37. The summed E-state index contributed by atoms with van der Waals surface area (Å²) in [6.07, 6.45) is 1.68. The minimum absolute atomic E-state index is 0.132. The van der Waals surface area contributed by atoms with Crippen molar-refractivity contribution < 1.29 is 9.18 Å². The highest BCUT2D eigenvalue weighted by Crippen LogP contribution is 2.29. The maximum atomic E-state index is 13.2. The molecule has 0 spiro atoms. The molecule has 0 bridgehead atoms. The Morgan fingerprint density at radius 2 is 1.93 bits per heavy atom. The quantitative estimate of drug-likeness (QED) is 0.558. The van der Waals surface area contributed by atoms with Gasteiger partial charge in [0.2, 0.25) is 0 Å². The summed E-state index contributed by atoms with van der Waals surface area (Å²) in [6, 6.07) is 15.3. The van der Waals surface area contributed by atoms with Crippen molar-refractivity contribution in [2.24, 2.45) is 0 Å². The molecule has 0 aliphatic heterocycles. The Morgan fingerprint density at radius 3 is 2.54 bits per heavy atom. The molecule has 0 saturated carbocycles. The van der Waals surface area contributed by atoms with Gasteiger partial charge < -0.3 is 4.90 Å². The molecule has 4 nitrogen and oxygen atoms in total. The van der Waals surface area contributed by atoms with E-state index in [4.69, 9.17) is 5.26 Å². The standard InChI is InChI=1S/C22H18FN3OS/c1-3-12-26(14-17-6-4-16(13-24)5-7-17)22(27)20-15(2)25-21(28-20)18-8-10-19(23)11-9-18/h3-11H,1,12,14H2,2H3. The molecule has 0 N–H and O–H groups in total. The van der Waals surface area contributed by atoms with Gasteiger partial charge in [-0.1, -0.05) is 18.2 Å². The monoisotopic (exact) mass is 391 g/mol. The molecule has 0 unspecified atom stereocenters. The predicted molar refractivity (Wildman–Crippen MR) is 108 cm³/mol. The van der Waals surface area contributed by atoms with Crippen molar-refractivity contribution in [1.82, 2.24) is 9.88 Å². The van der Waals surface area contributed by atoms with Crippen LogP contribution in [0.1, 0.15) is 26.5 Å². The lowest BCUT2D eigenvalue weighted by molar-refractivity contribution is 0.0766. The maximum Gasteiger partial charge on any atom is 0.266 e. The van der Waals surface area contributed by atoms with Gasteiger partial charge in [-0.2, -0.15) is 5.26 Å². The van der Waals surface area contributed by atoms with Crippen LogP contribution in [0.5, 0.6) is 0 Å². The van der Waals surface area contributed by atoms with Gasteiger partial charge in [0.25, 0.3) is 5.91 Å². The number of aryl methyl sites for hydroxylation is 1. The Bertz CT molecular complexity index is 1030. The summed E-state index contributed by atoms with van der Waals surface area (Å²) >= 11 is 1.30. The second-order valence-corrected chi connectivity index (χ2v) is 7.22. The average Bonchev–Trinajstić information content (AvgIpc) is 3.10. The van der Waals surface area contributed by atoms with Crippen LogP contribution >= 0.6 is 11.3 Å². The number of thiazole rings is 1. The molecule has 140 valence electrons. The first-order valence-corrected chi connectivity index (χ1v) is 9.46. The Balaban J connectivity index is 1.85. The second kappa shape index (κ2) is 8.59. The Hall–Kier alpha value is -3.30. The van der Waals surface area contributed by atoms with Gasteiger partial charge in [-0.3, -0.25) is 4.79 Å². The molecule has 3 aromatic rings. The zero-order valence-corrected chi connectivity index (χ0v) is 16.2. The summed E-state index contributed by atoms with van der Waals surface area (Å²) in [7, 11) is 0. The topological polar surface area (TPSA) is 57.0 Å². The van der Waals surface area contributed by atoms with E-state index in [-0.39, 0.29) is 11.7 Å². The van der Waals surface area contributed by atoms with Crippen LogP contribution in [0.15, 0.2) is 61.2 Å². The van der Waals surface area contributed by atoms with Crippen LogP contribution in [0.25, 0.3) is 10.6 Å². The lowest BCUT2D eigenvalue weighted by Gasteiger charge is -2.20. The van der Waals surface area contributed by atoms with Crippen LogP contribution in [0, 0.1) is 24.1 Å². The van der Waals surface area contributed by atoms with Gasteiger partial charge in [0.15, 0.2) is 0 Å². The number of carbonyl (C=O) groups is 1. The number of carbonyl (C=O) groups excluding carboxylic acids is 1. The van der Waals surface area contributed by atoms with Crippen molar-refractivity contribution >= 4 is 17.2 Å². The van der Waals surface area contributed by atoms with Gasteiger partial charge in [0.1, 0.15) is 15.7 Å². The zero-order valence-electron chi connectivity index (χ0n) is 15.4. The number of aromatic nitrogens is 1. The van der Waals surface area contributed by atoms with E-state index in [0.29, 0.717) is 34.2 Å². The lowest BCUT2D eigenvalue weighted by Crippen LogP contribution is -2.30. The van der Waals surface area contributed by atoms with E-state index in [2.05, 4.69) is 17.6 Å². The van der Waals surface area contributed by atoms with Crippen LogP contribution in [-0.2, 0) is 6.54 Å². The number of amides is 1. The van der Waals surface area contributed by atoms with E-state index < -0.39 is 0 Å². The summed E-state index contributed by atoms with van der Waals surface area (Å²) in [6.45, 7) is 6.33. The summed E-state index contributed by atoms with van der Waals surface area (Å²) in [5.41, 5.74) is 2.92. The molecule has 6 heteroatoms. The van der Waals surface area contributed by atoms with Crippen molar-refractivity contribution in [3.8, 4) is 16.6 Å². The van der Waals surface area contributed by atoms with E-state index in [1.165, 1.54) is 23.5 Å². The molecule has 1 aromatic heterocycles. The normalized spacial score (nSPS) is 10.3. The molecule has 1 heterocycles. The molecule has 0 atom stereocenters. The molecule has 0 fully saturated rings. The molecule has 0 aliphatic rings. The van der Waals surface area contributed by atoms with Gasteiger partial charge >= 0.3 is 0 Å². The van der Waals surface area contributed by atoms with Crippen molar-refractivity contribution in [2.75, 3.05) is 6.54 Å². The predicted octanol–water partition coefficient (Wildman–Crippen LogP) is 4.96. The molecular formula is C22H18FN3OS. The molecule has 28 heavy (non-hydrogen) atoms. The number of halogens is 1. The van der Waals surface area contributed by atoms with Gasteiger partial charge in [-0.25, -0.2) is 9.37 Å². The first-order valence-electron chi connectivity index (χ1n) is 8.64. The molecule has 2 aromatic carbocycles.